The number of ether oxygens (including phenoxy) is 2. The second kappa shape index (κ2) is 8.29. The Hall–Kier alpha value is -2.40. The van der Waals surface area contributed by atoms with Gasteiger partial charge in [-0.05, 0) is 36.8 Å². The van der Waals surface area contributed by atoms with Crippen molar-refractivity contribution in [3.63, 3.8) is 0 Å². The molecule has 0 saturated carbocycles. The Balaban J connectivity index is 1.96. The van der Waals surface area contributed by atoms with Gasteiger partial charge in [0, 0.05) is 17.6 Å². The maximum Gasteiger partial charge on any atom is 0.344 e. The first-order valence-corrected chi connectivity index (χ1v) is 7.62. The summed E-state index contributed by atoms with van der Waals surface area (Å²) in [6.07, 6.45) is 0. The molecule has 3 N–H and O–H groups in total. The Morgan fingerprint density at radius 1 is 1.22 bits per heavy atom. The zero-order valence-corrected chi connectivity index (χ0v) is 13.6. The van der Waals surface area contributed by atoms with Crippen molar-refractivity contribution in [1.29, 1.82) is 0 Å². The molecule has 2 rings (SSSR count). The highest BCUT2D eigenvalue weighted by Gasteiger charge is 2.06. The summed E-state index contributed by atoms with van der Waals surface area (Å²) in [5.74, 6) is 0.144. The average molecular weight is 335 g/mol. The Labute approximate surface area is 140 Å². The van der Waals surface area contributed by atoms with Crippen LogP contribution in [0.5, 0.6) is 5.75 Å². The van der Waals surface area contributed by atoms with Gasteiger partial charge in [-0.15, -0.1) is 0 Å². The first-order valence-electron chi connectivity index (χ1n) is 7.24. The summed E-state index contributed by atoms with van der Waals surface area (Å²) < 4.78 is 10.2. The molecule has 2 aromatic carbocycles. The number of benzene rings is 2. The third-order valence-electron chi connectivity index (χ3n) is 3.08. The largest absolute Gasteiger partial charge is 0.482 e. The van der Waals surface area contributed by atoms with Gasteiger partial charge in [0.2, 0.25) is 0 Å². The molecule has 122 valence electrons. The number of halogens is 1. The van der Waals surface area contributed by atoms with Gasteiger partial charge in [0.25, 0.3) is 0 Å². The lowest BCUT2D eigenvalue weighted by molar-refractivity contribution is -0.145. The molecule has 0 heterocycles. The number of esters is 1. The van der Waals surface area contributed by atoms with Gasteiger partial charge in [-0.3, -0.25) is 0 Å². The first-order chi connectivity index (χ1) is 11.1. The lowest BCUT2D eigenvalue weighted by atomic mass is 10.2. The minimum atomic E-state index is -0.403. The fraction of sp³-hybridized carbons (Fsp3) is 0.235. The molecule has 23 heavy (non-hydrogen) atoms. The number of nitrogen functional groups attached to an aromatic ring is 1. The molecule has 0 aliphatic heterocycles. The van der Waals surface area contributed by atoms with Gasteiger partial charge < -0.3 is 20.5 Å². The van der Waals surface area contributed by atoms with Crippen molar-refractivity contribution in [2.45, 2.75) is 13.5 Å². The van der Waals surface area contributed by atoms with Crippen LogP contribution in [-0.4, -0.2) is 19.2 Å². The summed E-state index contributed by atoms with van der Waals surface area (Å²) in [5.41, 5.74) is 8.36. The van der Waals surface area contributed by atoms with E-state index >= 15 is 0 Å². The smallest absolute Gasteiger partial charge is 0.344 e. The molecule has 0 saturated heterocycles. The number of rotatable bonds is 7. The number of nitrogens with one attached hydrogen (secondary N) is 1. The van der Waals surface area contributed by atoms with Gasteiger partial charge in [-0.1, -0.05) is 23.7 Å². The van der Waals surface area contributed by atoms with E-state index in [1.54, 1.807) is 25.1 Å². The van der Waals surface area contributed by atoms with Crippen molar-refractivity contribution < 1.29 is 14.3 Å². The molecular weight excluding hydrogens is 316 g/mol. The quantitative estimate of drug-likeness (QED) is 0.599. The molecule has 0 bridgehead atoms. The van der Waals surface area contributed by atoms with E-state index in [0.717, 1.165) is 11.3 Å². The van der Waals surface area contributed by atoms with E-state index in [1.165, 1.54) is 0 Å². The van der Waals surface area contributed by atoms with Gasteiger partial charge in [0.1, 0.15) is 5.75 Å². The van der Waals surface area contributed by atoms with Gasteiger partial charge >= 0.3 is 5.97 Å². The predicted molar refractivity (Wildman–Crippen MR) is 91.8 cm³/mol. The number of hydrogen-bond donors (Lipinski definition) is 2. The summed E-state index contributed by atoms with van der Waals surface area (Å²) in [6.45, 7) is 2.55. The zero-order chi connectivity index (χ0) is 16.7. The van der Waals surface area contributed by atoms with E-state index in [-0.39, 0.29) is 6.61 Å². The maximum absolute atomic E-state index is 11.3. The Kier molecular flexibility index (Phi) is 6.11. The number of carbonyl (C=O) groups is 1. The number of carbonyl (C=O) groups excluding carboxylic acids is 1. The van der Waals surface area contributed by atoms with E-state index in [4.69, 9.17) is 26.8 Å². The van der Waals surface area contributed by atoms with E-state index in [9.17, 15) is 4.79 Å². The molecule has 0 atom stereocenters. The molecule has 0 aliphatic carbocycles. The van der Waals surface area contributed by atoms with Crippen LogP contribution in [0.25, 0.3) is 0 Å². The molecule has 0 aliphatic rings. The van der Waals surface area contributed by atoms with Crippen molar-refractivity contribution in [3.05, 3.63) is 53.1 Å². The van der Waals surface area contributed by atoms with Crippen LogP contribution in [-0.2, 0) is 16.1 Å². The molecule has 0 spiro atoms. The molecule has 0 fully saturated rings. The average Bonchev–Trinajstić information content (AvgIpc) is 2.54. The van der Waals surface area contributed by atoms with Crippen LogP contribution in [0.15, 0.2) is 42.5 Å². The molecule has 0 aromatic heterocycles. The lowest BCUT2D eigenvalue weighted by Gasteiger charge is -2.12. The van der Waals surface area contributed by atoms with Crippen LogP contribution >= 0.6 is 11.6 Å². The van der Waals surface area contributed by atoms with Crippen molar-refractivity contribution in [2.24, 2.45) is 0 Å². The highest BCUT2D eigenvalue weighted by Crippen LogP contribution is 2.25. The second-order valence-corrected chi connectivity index (χ2v) is 5.26. The third-order valence-corrected chi connectivity index (χ3v) is 3.33. The molecule has 0 radical (unpaired) electrons. The Morgan fingerprint density at radius 3 is 2.65 bits per heavy atom. The summed E-state index contributed by atoms with van der Waals surface area (Å²) >= 11 is 5.86. The molecular formula is C17H19ClN2O3. The molecule has 2 aromatic rings. The normalized spacial score (nSPS) is 10.2. The summed E-state index contributed by atoms with van der Waals surface area (Å²) in [7, 11) is 0. The van der Waals surface area contributed by atoms with Crippen LogP contribution < -0.4 is 15.8 Å². The monoisotopic (exact) mass is 334 g/mol. The minimum Gasteiger partial charge on any atom is -0.482 e. The Morgan fingerprint density at radius 2 is 1.96 bits per heavy atom. The van der Waals surface area contributed by atoms with Crippen molar-refractivity contribution in [2.75, 3.05) is 24.3 Å². The van der Waals surface area contributed by atoms with Crippen LogP contribution in [0.4, 0.5) is 11.4 Å². The maximum atomic E-state index is 11.3. The summed E-state index contributed by atoms with van der Waals surface area (Å²) in [4.78, 5) is 11.3. The number of hydrogen-bond acceptors (Lipinski definition) is 5. The minimum absolute atomic E-state index is 0.131. The van der Waals surface area contributed by atoms with Crippen LogP contribution in [0.2, 0.25) is 5.02 Å². The van der Waals surface area contributed by atoms with E-state index in [1.807, 2.05) is 24.3 Å². The van der Waals surface area contributed by atoms with Gasteiger partial charge in [0.05, 0.1) is 18.0 Å². The molecule has 0 unspecified atom stereocenters. The standard InChI is InChI=1S/C17H19ClN2O3/c1-2-22-17(21)11-23-14-7-8-15(19)16(9-14)20-10-12-3-5-13(18)6-4-12/h3-9,20H,2,10-11,19H2,1H3. The highest BCUT2D eigenvalue weighted by atomic mass is 35.5. The van der Waals surface area contributed by atoms with E-state index < -0.39 is 5.97 Å². The van der Waals surface area contributed by atoms with Gasteiger partial charge in [-0.2, -0.15) is 0 Å². The summed E-state index contributed by atoms with van der Waals surface area (Å²) in [6, 6.07) is 12.7. The van der Waals surface area contributed by atoms with E-state index in [0.29, 0.717) is 29.6 Å². The van der Waals surface area contributed by atoms with Crippen LogP contribution in [0.1, 0.15) is 12.5 Å². The first kappa shape index (κ1) is 17.0. The summed E-state index contributed by atoms with van der Waals surface area (Å²) in [5, 5.41) is 3.93. The predicted octanol–water partition coefficient (Wildman–Crippen LogP) is 3.48. The topological polar surface area (TPSA) is 73.6 Å². The zero-order valence-electron chi connectivity index (χ0n) is 12.8. The number of nitrogens with two attached hydrogens (primary N) is 1. The lowest BCUT2D eigenvalue weighted by Crippen LogP contribution is -2.14. The second-order valence-electron chi connectivity index (χ2n) is 4.82. The molecule has 0 amide bonds. The Bertz CT molecular complexity index is 659. The fourth-order valence-corrected chi connectivity index (χ4v) is 2.05. The van der Waals surface area contributed by atoms with Crippen molar-refractivity contribution >= 4 is 28.9 Å². The molecule has 6 heteroatoms. The third kappa shape index (κ3) is 5.38. The van der Waals surface area contributed by atoms with Crippen LogP contribution in [0.3, 0.4) is 0 Å². The fourth-order valence-electron chi connectivity index (χ4n) is 1.92. The van der Waals surface area contributed by atoms with Gasteiger partial charge in [0.15, 0.2) is 6.61 Å². The van der Waals surface area contributed by atoms with Crippen molar-refractivity contribution in [3.8, 4) is 5.75 Å². The van der Waals surface area contributed by atoms with Crippen molar-refractivity contribution in [1.82, 2.24) is 0 Å². The SMILES string of the molecule is CCOC(=O)COc1ccc(N)c(NCc2ccc(Cl)cc2)c1. The molecule has 5 nitrogen and oxygen atoms in total. The highest BCUT2D eigenvalue weighted by molar-refractivity contribution is 6.30. The van der Waals surface area contributed by atoms with Crippen LogP contribution in [0, 0.1) is 0 Å². The van der Waals surface area contributed by atoms with E-state index in [2.05, 4.69) is 5.32 Å². The van der Waals surface area contributed by atoms with Gasteiger partial charge in [-0.25, -0.2) is 4.79 Å². The number of anilines is 2.